The smallest absolute Gasteiger partial charge is 0.259 e. The standard InChI is InChI=1S/C17H11ClFN5O2S/c18-24(27(25,26)12-4-2-1-3-5-12)16-7-6-11(8-13(16)19)14-9-20-15-10-21-23-17(15)22-14/h1-10H,(H,21,22,23). The van der Waals surface area contributed by atoms with Gasteiger partial charge in [-0.15, -0.1) is 0 Å². The van der Waals surface area contributed by atoms with Crippen LogP contribution in [0.2, 0.25) is 0 Å². The molecule has 1 N–H and O–H groups in total. The third-order valence-electron chi connectivity index (χ3n) is 3.84. The summed E-state index contributed by atoms with van der Waals surface area (Å²) < 4.78 is 40.1. The Morgan fingerprint density at radius 1 is 1.07 bits per heavy atom. The van der Waals surface area contributed by atoms with Crippen molar-refractivity contribution in [1.29, 1.82) is 0 Å². The number of H-pyrrole nitrogens is 1. The number of nitrogens with one attached hydrogen (secondary N) is 1. The minimum Gasteiger partial charge on any atom is -0.259 e. The van der Waals surface area contributed by atoms with Crippen molar-refractivity contribution in [2.24, 2.45) is 0 Å². The summed E-state index contributed by atoms with van der Waals surface area (Å²) in [5, 5.41) is 6.52. The molecule has 0 amide bonds. The lowest BCUT2D eigenvalue weighted by molar-refractivity contribution is 0.594. The van der Waals surface area contributed by atoms with E-state index >= 15 is 0 Å². The molecule has 4 aromatic rings. The number of anilines is 1. The Kier molecular flexibility index (Phi) is 4.25. The van der Waals surface area contributed by atoms with Crippen molar-refractivity contribution in [3.05, 3.63) is 66.7 Å². The second-order valence-corrected chi connectivity index (χ2v) is 7.88. The topological polar surface area (TPSA) is 91.8 Å². The van der Waals surface area contributed by atoms with Crippen LogP contribution in [0.5, 0.6) is 0 Å². The zero-order valence-electron chi connectivity index (χ0n) is 13.5. The molecule has 0 aliphatic heterocycles. The summed E-state index contributed by atoms with van der Waals surface area (Å²) in [4.78, 5) is 8.44. The van der Waals surface area contributed by atoms with Crippen LogP contribution in [-0.4, -0.2) is 28.6 Å². The predicted octanol–water partition coefficient (Wildman–Crippen LogP) is 3.51. The fourth-order valence-electron chi connectivity index (χ4n) is 2.49. The van der Waals surface area contributed by atoms with E-state index in [2.05, 4.69) is 20.2 Å². The molecule has 0 aliphatic carbocycles. The summed E-state index contributed by atoms with van der Waals surface area (Å²) in [5.41, 5.74) is 1.57. The molecule has 0 spiro atoms. The van der Waals surface area contributed by atoms with Gasteiger partial charge >= 0.3 is 0 Å². The Morgan fingerprint density at radius 2 is 1.85 bits per heavy atom. The summed E-state index contributed by atoms with van der Waals surface area (Å²) in [7, 11) is -4.10. The molecule has 0 bridgehead atoms. The second kappa shape index (κ2) is 6.60. The molecule has 0 fully saturated rings. The minimum absolute atomic E-state index is 0.0426. The van der Waals surface area contributed by atoms with Gasteiger partial charge < -0.3 is 0 Å². The highest BCUT2D eigenvalue weighted by Gasteiger charge is 2.26. The van der Waals surface area contributed by atoms with Crippen LogP contribution < -0.4 is 3.82 Å². The van der Waals surface area contributed by atoms with Crippen LogP contribution >= 0.6 is 11.8 Å². The second-order valence-electron chi connectivity index (χ2n) is 5.56. The molecule has 0 unspecified atom stereocenters. The molecule has 0 saturated heterocycles. The molecular formula is C17H11ClFN5O2S. The van der Waals surface area contributed by atoms with Crippen LogP contribution in [-0.2, 0) is 10.0 Å². The molecule has 10 heteroatoms. The Balaban J connectivity index is 1.71. The zero-order valence-corrected chi connectivity index (χ0v) is 15.1. The number of sulfonamides is 1. The summed E-state index contributed by atoms with van der Waals surface area (Å²) >= 11 is 5.96. The highest BCUT2D eigenvalue weighted by molar-refractivity contribution is 7.94. The maximum atomic E-state index is 14.6. The molecule has 0 saturated carbocycles. The van der Waals surface area contributed by atoms with Crippen LogP contribution in [0.3, 0.4) is 0 Å². The van der Waals surface area contributed by atoms with Gasteiger partial charge in [0.25, 0.3) is 10.0 Å². The fraction of sp³-hybridized carbons (Fsp3) is 0. The Labute approximate surface area is 158 Å². The highest BCUT2D eigenvalue weighted by atomic mass is 35.5. The molecular weight excluding hydrogens is 393 g/mol. The third kappa shape index (κ3) is 3.11. The van der Waals surface area contributed by atoms with E-state index in [1.807, 2.05) is 0 Å². The van der Waals surface area contributed by atoms with Gasteiger partial charge in [0.2, 0.25) is 0 Å². The van der Waals surface area contributed by atoms with Gasteiger partial charge in [-0.2, -0.15) is 17.3 Å². The normalized spacial score (nSPS) is 11.6. The first-order valence-corrected chi connectivity index (χ1v) is 9.47. The van der Waals surface area contributed by atoms with Gasteiger partial charge in [-0.3, -0.25) is 5.10 Å². The third-order valence-corrected chi connectivity index (χ3v) is 6.06. The number of benzene rings is 2. The fourth-order valence-corrected chi connectivity index (χ4v) is 3.96. The number of hydrogen-bond acceptors (Lipinski definition) is 5. The lowest BCUT2D eigenvalue weighted by atomic mass is 10.1. The molecule has 2 heterocycles. The van der Waals surface area contributed by atoms with E-state index in [9.17, 15) is 12.8 Å². The Hall–Kier alpha value is -3.04. The number of hydrogen-bond donors (Lipinski definition) is 1. The molecule has 0 radical (unpaired) electrons. The molecule has 2 aromatic heterocycles. The van der Waals surface area contributed by atoms with Gasteiger partial charge in [-0.05, 0) is 24.3 Å². The largest absolute Gasteiger partial charge is 0.278 e. The average Bonchev–Trinajstić information content (AvgIpc) is 3.16. The van der Waals surface area contributed by atoms with E-state index in [1.165, 1.54) is 36.7 Å². The van der Waals surface area contributed by atoms with Crippen molar-refractivity contribution in [2.45, 2.75) is 4.90 Å². The first-order valence-electron chi connectivity index (χ1n) is 7.69. The summed E-state index contributed by atoms with van der Waals surface area (Å²) in [6.07, 6.45) is 3.00. The van der Waals surface area contributed by atoms with Crippen molar-refractivity contribution in [3.8, 4) is 11.3 Å². The summed E-state index contributed by atoms with van der Waals surface area (Å²) in [6.45, 7) is 0. The van der Waals surface area contributed by atoms with Crippen LogP contribution in [0.1, 0.15) is 0 Å². The van der Waals surface area contributed by atoms with E-state index in [4.69, 9.17) is 11.8 Å². The van der Waals surface area contributed by atoms with Crippen LogP contribution in [0.25, 0.3) is 22.4 Å². The van der Waals surface area contributed by atoms with Crippen LogP contribution in [0, 0.1) is 5.82 Å². The highest BCUT2D eigenvalue weighted by Crippen LogP contribution is 2.31. The zero-order chi connectivity index (χ0) is 19.0. The first kappa shape index (κ1) is 17.4. The van der Waals surface area contributed by atoms with Crippen LogP contribution in [0.15, 0.2) is 65.8 Å². The van der Waals surface area contributed by atoms with Crippen molar-refractivity contribution in [3.63, 3.8) is 0 Å². The van der Waals surface area contributed by atoms with Gasteiger partial charge in [0.1, 0.15) is 17.0 Å². The van der Waals surface area contributed by atoms with Crippen LogP contribution in [0.4, 0.5) is 10.1 Å². The quantitative estimate of drug-likeness (QED) is 0.526. The first-order chi connectivity index (χ1) is 13.0. The SMILES string of the molecule is O=S(=O)(c1ccccc1)N(Cl)c1ccc(-c2cnc3cn[nH]c3n2)cc1F. The summed E-state index contributed by atoms with van der Waals surface area (Å²) in [5.74, 6) is -0.812. The number of nitrogens with zero attached hydrogens (tertiary/aromatic N) is 4. The number of rotatable bonds is 4. The predicted molar refractivity (Wildman–Crippen MR) is 99.0 cm³/mol. The van der Waals surface area contributed by atoms with Crippen molar-refractivity contribution in [1.82, 2.24) is 20.2 Å². The van der Waals surface area contributed by atoms with Gasteiger partial charge in [-0.1, -0.05) is 24.3 Å². The molecule has 4 rings (SSSR count). The number of halogens is 2. The van der Waals surface area contributed by atoms with Gasteiger partial charge in [0.15, 0.2) is 5.65 Å². The van der Waals surface area contributed by atoms with Gasteiger partial charge in [-0.25, -0.2) is 14.4 Å². The van der Waals surface area contributed by atoms with Crippen molar-refractivity contribution in [2.75, 3.05) is 3.82 Å². The maximum absolute atomic E-state index is 14.6. The molecule has 27 heavy (non-hydrogen) atoms. The Morgan fingerprint density at radius 3 is 2.59 bits per heavy atom. The van der Waals surface area contributed by atoms with Gasteiger partial charge in [0, 0.05) is 17.3 Å². The van der Waals surface area contributed by atoms with E-state index in [1.54, 1.807) is 18.2 Å². The number of fused-ring (bicyclic) bond motifs is 1. The van der Waals surface area contributed by atoms with Crippen molar-refractivity contribution < 1.29 is 12.8 Å². The van der Waals surface area contributed by atoms with E-state index in [0.29, 0.717) is 26.2 Å². The average molecular weight is 404 g/mol. The maximum Gasteiger partial charge on any atom is 0.278 e. The molecule has 7 nitrogen and oxygen atoms in total. The van der Waals surface area contributed by atoms with Gasteiger partial charge in [0.05, 0.1) is 23.0 Å². The number of aromatic nitrogens is 4. The molecule has 136 valence electrons. The Bertz CT molecular complexity index is 1230. The minimum atomic E-state index is -4.10. The van der Waals surface area contributed by atoms with E-state index < -0.39 is 15.8 Å². The molecule has 0 atom stereocenters. The lowest BCUT2D eigenvalue weighted by Crippen LogP contribution is -2.22. The summed E-state index contributed by atoms with van der Waals surface area (Å²) in [6, 6.07) is 11.5. The van der Waals surface area contributed by atoms with E-state index in [0.717, 1.165) is 6.07 Å². The monoisotopic (exact) mass is 403 g/mol. The van der Waals surface area contributed by atoms with Crippen molar-refractivity contribution >= 4 is 38.7 Å². The molecule has 2 aromatic carbocycles. The molecule has 0 aliphatic rings. The lowest BCUT2D eigenvalue weighted by Gasteiger charge is -2.17. The number of aromatic amines is 1. The van der Waals surface area contributed by atoms with E-state index in [-0.39, 0.29) is 10.6 Å².